The fourth-order valence-corrected chi connectivity index (χ4v) is 3.21. The standard InChI is InChI=1S/C9H15N3O5S/c1-5(4-17-3)12-18(15,16)7-6(2)10-9(14)11-8(7)13/h5,7,12H,4H2,1-3H3,(H,11,13,14). The number of amides is 3. The molecule has 0 saturated heterocycles. The molecule has 1 rings (SSSR count). The minimum atomic E-state index is -3.95. The van der Waals surface area contributed by atoms with Crippen molar-refractivity contribution in [3.63, 3.8) is 0 Å². The van der Waals surface area contributed by atoms with Gasteiger partial charge in [-0.1, -0.05) is 0 Å². The van der Waals surface area contributed by atoms with Gasteiger partial charge in [-0.25, -0.2) is 22.9 Å². The Bertz CT molecular complexity index is 484. The first-order chi connectivity index (χ1) is 8.27. The maximum atomic E-state index is 12.0. The number of methoxy groups -OCH3 is 1. The van der Waals surface area contributed by atoms with Gasteiger partial charge < -0.3 is 4.74 Å². The average molecular weight is 277 g/mol. The van der Waals surface area contributed by atoms with Crippen LogP contribution in [0, 0.1) is 0 Å². The molecule has 18 heavy (non-hydrogen) atoms. The zero-order chi connectivity index (χ0) is 13.9. The lowest BCUT2D eigenvalue weighted by atomic mass is 10.2. The quantitative estimate of drug-likeness (QED) is 0.670. The third-order valence-electron chi connectivity index (χ3n) is 2.22. The van der Waals surface area contributed by atoms with E-state index in [9.17, 15) is 18.0 Å². The second-order valence-corrected chi connectivity index (χ2v) is 5.74. The Kier molecular flexibility index (Phi) is 4.54. The van der Waals surface area contributed by atoms with Crippen LogP contribution in [0.5, 0.6) is 0 Å². The molecular weight excluding hydrogens is 262 g/mol. The highest BCUT2D eigenvalue weighted by Gasteiger charge is 2.39. The van der Waals surface area contributed by atoms with Gasteiger partial charge >= 0.3 is 6.03 Å². The molecule has 0 spiro atoms. The number of ether oxygens (including phenoxy) is 1. The largest absolute Gasteiger partial charge is 0.383 e. The van der Waals surface area contributed by atoms with Gasteiger partial charge in [-0.15, -0.1) is 0 Å². The molecule has 0 aromatic rings. The van der Waals surface area contributed by atoms with E-state index >= 15 is 0 Å². The second-order valence-electron chi connectivity index (χ2n) is 3.95. The molecule has 0 radical (unpaired) electrons. The minimum absolute atomic E-state index is 0.0548. The predicted molar refractivity (Wildman–Crippen MR) is 63.8 cm³/mol. The van der Waals surface area contributed by atoms with Gasteiger partial charge in [-0.2, -0.15) is 0 Å². The molecular formula is C9H15N3O5S. The molecule has 0 aromatic heterocycles. The average Bonchev–Trinajstić information content (AvgIpc) is 2.13. The minimum Gasteiger partial charge on any atom is -0.383 e. The fourth-order valence-electron chi connectivity index (χ4n) is 1.61. The van der Waals surface area contributed by atoms with Crippen LogP contribution < -0.4 is 10.0 Å². The highest BCUT2D eigenvalue weighted by Crippen LogP contribution is 2.08. The molecule has 2 unspecified atom stereocenters. The zero-order valence-corrected chi connectivity index (χ0v) is 11.1. The smallest absolute Gasteiger partial charge is 0.347 e. The van der Waals surface area contributed by atoms with Crippen LogP contribution in [-0.2, 0) is 19.6 Å². The second kappa shape index (κ2) is 5.55. The van der Waals surface area contributed by atoms with Gasteiger partial charge in [0.25, 0.3) is 5.91 Å². The number of carbonyl (C=O) groups is 2. The van der Waals surface area contributed by atoms with E-state index in [1.807, 2.05) is 5.32 Å². The summed E-state index contributed by atoms with van der Waals surface area (Å²) < 4.78 is 31.0. The highest BCUT2D eigenvalue weighted by molar-refractivity contribution is 7.91. The van der Waals surface area contributed by atoms with Crippen molar-refractivity contribution in [1.29, 1.82) is 0 Å². The van der Waals surface area contributed by atoms with E-state index in [1.54, 1.807) is 6.92 Å². The van der Waals surface area contributed by atoms with Crippen molar-refractivity contribution >= 4 is 27.7 Å². The van der Waals surface area contributed by atoms with Crippen molar-refractivity contribution in [2.75, 3.05) is 13.7 Å². The molecule has 0 fully saturated rings. The van der Waals surface area contributed by atoms with Crippen LogP contribution in [0.3, 0.4) is 0 Å². The third kappa shape index (κ3) is 3.34. The molecule has 2 N–H and O–H groups in total. The number of rotatable bonds is 5. The maximum absolute atomic E-state index is 12.0. The monoisotopic (exact) mass is 277 g/mol. The molecule has 0 aliphatic carbocycles. The predicted octanol–water partition coefficient (Wildman–Crippen LogP) is -0.980. The number of hydrogen-bond acceptors (Lipinski definition) is 5. The van der Waals surface area contributed by atoms with Crippen molar-refractivity contribution in [2.24, 2.45) is 4.99 Å². The summed E-state index contributed by atoms with van der Waals surface area (Å²) in [6.45, 7) is 3.09. The van der Waals surface area contributed by atoms with Gasteiger partial charge in [0.1, 0.15) is 0 Å². The van der Waals surface area contributed by atoms with Crippen molar-refractivity contribution < 1.29 is 22.7 Å². The molecule has 2 atom stereocenters. The molecule has 1 heterocycles. The van der Waals surface area contributed by atoms with Crippen LogP contribution >= 0.6 is 0 Å². The SMILES string of the molecule is COCC(C)NS(=O)(=O)C1C(=O)NC(=O)N=C1C. The first kappa shape index (κ1) is 14.7. The van der Waals surface area contributed by atoms with E-state index in [0.29, 0.717) is 0 Å². The Morgan fingerprint density at radius 3 is 2.61 bits per heavy atom. The lowest BCUT2D eigenvalue weighted by Gasteiger charge is -2.22. The van der Waals surface area contributed by atoms with E-state index in [-0.39, 0.29) is 12.3 Å². The van der Waals surface area contributed by atoms with E-state index < -0.39 is 33.3 Å². The molecule has 9 heteroatoms. The number of hydrogen-bond donors (Lipinski definition) is 2. The lowest BCUT2D eigenvalue weighted by molar-refractivity contribution is -0.118. The van der Waals surface area contributed by atoms with E-state index in [1.165, 1.54) is 14.0 Å². The van der Waals surface area contributed by atoms with Crippen LogP contribution in [0.1, 0.15) is 13.8 Å². The summed E-state index contributed by atoms with van der Waals surface area (Å²) in [7, 11) is -2.52. The van der Waals surface area contributed by atoms with Crippen LogP contribution in [0.4, 0.5) is 4.79 Å². The zero-order valence-electron chi connectivity index (χ0n) is 10.3. The molecule has 1 aliphatic rings. The Morgan fingerprint density at radius 2 is 2.11 bits per heavy atom. The molecule has 0 bridgehead atoms. The van der Waals surface area contributed by atoms with Crippen LogP contribution in [0.2, 0.25) is 0 Å². The highest BCUT2D eigenvalue weighted by atomic mass is 32.2. The number of imide groups is 1. The Hall–Kier alpha value is -1.32. The molecule has 1 aliphatic heterocycles. The van der Waals surface area contributed by atoms with Gasteiger partial charge in [0.2, 0.25) is 10.0 Å². The number of carbonyl (C=O) groups excluding carboxylic acids is 2. The van der Waals surface area contributed by atoms with Crippen LogP contribution in [0.25, 0.3) is 0 Å². The van der Waals surface area contributed by atoms with Gasteiger partial charge in [0, 0.05) is 18.9 Å². The van der Waals surface area contributed by atoms with Crippen LogP contribution in [-0.4, -0.2) is 51.1 Å². The van der Waals surface area contributed by atoms with Gasteiger partial charge in [-0.3, -0.25) is 10.1 Å². The first-order valence-corrected chi connectivity index (χ1v) is 6.72. The Morgan fingerprint density at radius 1 is 1.50 bits per heavy atom. The van der Waals surface area contributed by atoms with Crippen molar-refractivity contribution in [1.82, 2.24) is 10.0 Å². The number of aliphatic imine (C=N–C) groups is 1. The summed E-state index contributed by atoms with van der Waals surface area (Å²) in [5.74, 6) is -0.899. The molecule has 102 valence electrons. The van der Waals surface area contributed by atoms with E-state index in [0.717, 1.165) is 0 Å². The van der Waals surface area contributed by atoms with Crippen LogP contribution in [0.15, 0.2) is 4.99 Å². The van der Waals surface area contributed by atoms with Crippen molar-refractivity contribution in [3.05, 3.63) is 0 Å². The van der Waals surface area contributed by atoms with Gasteiger partial charge in [0.05, 0.1) is 6.61 Å². The lowest BCUT2D eigenvalue weighted by Crippen LogP contribution is -2.54. The van der Waals surface area contributed by atoms with Gasteiger partial charge in [0.15, 0.2) is 5.25 Å². The number of urea groups is 1. The van der Waals surface area contributed by atoms with Crippen molar-refractivity contribution in [2.45, 2.75) is 25.1 Å². The Labute approximate surface area is 105 Å². The summed E-state index contributed by atoms with van der Waals surface area (Å²) in [4.78, 5) is 25.9. The Balaban J connectivity index is 2.94. The summed E-state index contributed by atoms with van der Waals surface area (Å²) in [5.41, 5.74) is -0.0548. The summed E-state index contributed by atoms with van der Waals surface area (Å²) >= 11 is 0. The molecule has 0 aromatic carbocycles. The summed E-state index contributed by atoms with van der Waals surface area (Å²) in [5, 5.41) is 0.364. The first-order valence-electron chi connectivity index (χ1n) is 5.18. The van der Waals surface area contributed by atoms with Crippen molar-refractivity contribution in [3.8, 4) is 0 Å². The maximum Gasteiger partial charge on any atom is 0.347 e. The van der Waals surface area contributed by atoms with E-state index in [4.69, 9.17) is 4.74 Å². The molecule has 3 amide bonds. The number of sulfonamides is 1. The normalized spacial score (nSPS) is 22.4. The topological polar surface area (TPSA) is 114 Å². The molecule has 8 nitrogen and oxygen atoms in total. The summed E-state index contributed by atoms with van der Waals surface area (Å²) in [6, 6.07) is -1.34. The number of nitrogens with zero attached hydrogens (tertiary/aromatic N) is 1. The fraction of sp³-hybridized carbons (Fsp3) is 0.667. The van der Waals surface area contributed by atoms with E-state index in [2.05, 4.69) is 9.71 Å². The third-order valence-corrected chi connectivity index (χ3v) is 4.12. The summed E-state index contributed by atoms with van der Waals surface area (Å²) in [6.07, 6.45) is 0. The number of nitrogens with one attached hydrogen (secondary N) is 2. The molecule has 0 saturated carbocycles. The van der Waals surface area contributed by atoms with Gasteiger partial charge in [-0.05, 0) is 13.8 Å².